The Labute approximate surface area is 92.4 Å². The molecule has 0 amide bonds. The van der Waals surface area contributed by atoms with Gasteiger partial charge in [0.25, 0.3) is 0 Å². The van der Waals surface area contributed by atoms with E-state index in [0.29, 0.717) is 0 Å². The lowest BCUT2D eigenvalue weighted by molar-refractivity contribution is 0.0630. The molecule has 0 bridgehead atoms. The van der Waals surface area contributed by atoms with Crippen molar-refractivity contribution in [1.29, 1.82) is 0 Å². The fourth-order valence-corrected chi connectivity index (χ4v) is 1.52. The molecule has 0 aliphatic heterocycles. The average Bonchev–Trinajstić information content (AvgIpc) is 2.24. The monoisotopic (exact) mass is 207 g/mol. The Balaban J connectivity index is 2.36. The molecule has 15 heavy (non-hydrogen) atoms. The van der Waals surface area contributed by atoms with Crippen LogP contribution in [-0.4, -0.2) is 6.61 Å². The first kappa shape index (κ1) is 12.1. The molecule has 0 fully saturated rings. The standard InChI is InChI=1S/C13H21NO/c1-3-4-5-9-15-11(2)12-7-6-8-13(14)10-12/h6-8,10-11H,3-5,9,14H2,1-2H3. The molecule has 0 aliphatic rings. The summed E-state index contributed by atoms with van der Waals surface area (Å²) in [5.41, 5.74) is 7.68. The third kappa shape index (κ3) is 4.34. The highest BCUT2D eigenvalue weighted by Crippen LogP contribution is 2.19. The second kappa shape index (κ2) is 6.46. The van der Waals surface area contributed by atoms with Crippen molar-refractivity contribution in [3.8, 4) is 0 Å². The molecule has 1 rings (SSSR count). The maximum absolute atomic E-state index is 5.73. The largest absolute Gasteiger partial charge is 0.399 e. The van der Waals surface area contributed by atoms with Gasteiger partial charge in [-0.3, -0.25) is 0 Å². The minimum Gasteiger partial charge on any atom is -0.399 e. The highest BCUT2D eigenvalue weighted by molar-refractivity contribution is 5.41. The van der Waals surface area contributed by atoms with Crippen LogP contribution in [-0.2, 0) is 4.74 Å². The van der Waals surface area contributed by atoms with Crippen molar-refractivity contribution in [3.05, 3.63) is 29.8 Å². The third-order valence-electron chi connectivity index (χ3n) is 2.50. The van der Waals surface area contributed by atoms with Crippen molar-refractivity contribution in [2.24, 2.45) is 0 Å². The van der Waals surface area contributed by atoms with E-state index in [4.69, 9.17) is 10.5 Å². The van der Waals surface area contributed by atoms with Crippen LogP contribution in [0.15, 0.2) is 24.3 Å². The van der Waals surface area contributed by atoms with E-state index in [2.05, 4.69) is 19.9 Å². The topological polar surface area (TPSA) is 35.2 Å². The van der Waals surface area contributed by atoms with E-state index in [9.17, 15) is 0 Å². The van der Waals surface area contributed by atoms with Crippen LogP contribution in [0.3, 0.4) is 0 Å². The Bertz CT molecular complexity index is 286. The number of ether oxygens (including phenoxy) is 1. The zero-order valence-corrected chi connectivity index (χ0v) is 9.70. The van der Waals surface area contributed by atoms with E-state index in [1.54, 1.807) is 0 Å². The van der Waals surface area contributed by atoms with Gasteiger partial charge in [0.1, 0.15) is 0 Å². The Morgan fingerprint density at radius 2 is 2.13 bits per heavy atom. The van der Waals surface area contributed by atoms with E-state index < -0.39 is 0 Å². The maximum Gasteiger partial charge on any atom is 0.0797 e. The molecule has 1 unspecified atom stereocenters. The van der Waals surface area contributed by atoms with Gasteiger partial charge in [-0.25, -0.2) is 0 Å². The number of nitrogen functional groups attached to an aromatic ring is 1. The van der Waals surface area contributed by atoms with Gasteiger partial charge in [-0.1, -0.05) is 31.9 Å². The van der Waals surface area contributed by atoms with Crippen LogP contribution in [0, 0.1) is 0 Å². The smallest absolute Gasteiger partial charge is 0.0797 e. The minimum atomic E-state index is 0.144. The first-order valence-corrected chi connectivity index (χ1v) is 5.71. The van der Waals surface area contributed by atoms with Crippen molar-refractivity contribution >= 4 is 5.69 Å². The van der Waals surface area contributed by atoms with Gasteiger partial charge in [0.05, 0.1) is 6.10 Å². The molecule has 0 aromatic heterocycles. The van der Waals surface area contributed by atoms with Crippen LogP contribution >= 0.6 is 0 Å². The lowest BCUT2D eigenvalue weighted by Crippen LogP contribution is -2.02. The summed E-state index contributed by atoms with van der Waals surface area (Å²) in [4.78, 5) is 0. The lowest BCUT2D eigenvalue weighted by Gasteiger charge is -2.13. The van der Waals surface area contributed by atoms with Gasteiger partial charge < -0.3 is 10.5 Å². The number of anilines is 1. The zero-order chi connectivity index (χ0) is 11.1. The lowest BCUT2D eigenvalue weighted by atomic mass is 10.1. The summed E-state index contributed by atoms with van der Waals surface area (Å²) < 4.78 is 5.73. The minimum absolute atomic E-state index is 0.144. The first-order chi connectivity index (χ1) is 7.24. The molecule has 1 aromatic carbocycles. The summed E-state index contributed by atoms with van der Waals surface area (Å²) in [7, 11) is 0. The molecule has 2 heteroatoms. The SMILES string of the molecule is CCCCCOC(C)c1cccc(N)c1. The molecule has 2 nitrogen and oxygen atoms in total. The highest BCUT2D eigenvalue weighted by Gasteiger charge is 2.04. The summed E-state index contributed by atoms with van der Waals surface area (Å²) in [6.07, 6.45) is 3.76. The summed E-state index contributed by atoms with van der Waals surface area (Å²) in [6, 6.07) is 7.90. The van der Waals surface area contributed by atoms with E-state index in [0.717, 1.165) is 24.3 Å². The number of benzene rings is 1. The molecule has 0 saturated carbocycles. The van der Waals surface area contributed by atoms with Crippen LogP contribution < -0.4 is 5.73 Å². The molecular weight excluding hydrogens is 186 g/mol. The number of rotatable bonds is 6. The van der Waals surface area contributed by atoms with E-state index in [1.807, 2.05) is 18.2 Å². The van der Waals surface area contributed by atoms with Gasteiger partial charge in [0.15, 0.2) is 0 Å². The van der Waals surface area contributed by atoms with Crippen molar-refractivity contribution in [2.75, 3.05) is 12.3 Å². The average molecular weight is 207 g/mol. The fourth-order valence-electron chi connectivity index (χ4n) is 1.52. The Morgan fingerprint density at radius 3 is 2.80 bits per heavy atom. The van der Waals surface area contributed by atoms with Gasteiger partial charge in [-0.05, 0) is 31.0 Å². The molecule has 0 aliphatic carbocycles. The maximum atomic E-state index is 5.73. The molecule has 1 aromatic rings. The quantitative estimate of drug-likeness (QED) is 0.572. The summed E-state index contributed by atoms with van der Waals surface area (Å²) in [6.45, 7) is 5.10. The molecule has 2 N–H and O–H groups in total. The van der Waals surface area contributed by atoms with Crippen molar-refractivity contribution in [2.45, 2.75) is 39.2 Å². The molecule has 0 radical (unpaired) electrons. The van der Waals surface area contributed by atoms with Gasteiger partial charge in [0.2, 0.25) is 0 Å². The van der Waals surface area contributed by atoms with Crippen LogP contribution in [0.25, 0.3) is 0 Å². The normalized spacial score (nSPS) is 12.7. The van der Waals surface area contributed by atoms with Crippen LogP contribution in [0.2, 0.25) is 0 Å². The predicted octanol–water partition coefficient (Wildman–Crippen LogP) is 3.54. The van der Waals surface area contributed by atoms with Crippen molar-refractivity contribution in [1.82, 2.24) is 0 Å². The molecule has 84 valence electrons. The Hall–Kier alpha value is -1.02. The van der Waals surface area contributed by atoms with E-state index in [1.165, 1.54) is 12.8 Å². The summed E-state index contributed by atoms with van der Waals surface area (Å²) in [5.74, 6) is 0. The number of nitrogens with two attached hydrogens (primary N) is 1. The molecule has 0 spiro atoms. The van der Waals surface area contributed by atoms with Crippen molar-refractivity contribution < 1.29 is 4.74 Å². The van der Waals surface area contributed by atoms with Crippen LogP contribution in [0.5, 0.6) is 0 Å². The van der Waals surface area contributed by atoms with Gasteiger partial charge in [0, 0.05) is 12.3 Å². The van der Waals surface area contributed by atoms with E-state index >= 15 is 0 Å². The van der Waals surface area contributed by atoms with Gasteiger partial charge in [-0.15, -0.1) is 0 Å². The first-order valence-electron chi connectivity index (χ1n) is 5.71. The Kier molecular flexibility index (Phi) is 5.19. The number of hydrogen-bond donors (Lipinski definition) is 1. The molecular formula is C13H21NO. The molecule has 1 atom stereocenters. The summed E-state index contributed by atoms with van der Waals surface area (Å²) >= 11 is 0. The predicted molar refractivity (Wildman–Crippen MR) is 64.7 cm³/mol. The van der Waals surface area contributed by atoms with E-state index in [-0.39, 0.29) is 6.10 Å². The molecule has 0 saturated heterocycles. The van der Waals surface area contributed by atoms with Gasteiger partial charge in [-0.2, -0.15) is 0 Å². The molecule has 0 heterocycles. The Morgan fingerprint density at radius 1 is 1.33 bits per heavy atom. The van der Waals surface area contributed by atoms with Gasteiger partial charge >= 0.3 is 0 Å². The third-order valence-corrected chi connectivity index (χ3v) is 2.50. The fraction of sp³-hybridized carbons (Fsp3) is 0.538. The van der Waals surface area contributed by atoms with Crippen LogP contribution in [0.1, 0.15) is 44.8 Å². The number of unbranched alkanes of at least 4 members (excludes halogenated alkanes) is 2. The van der Waals surface area contributed by atoms with Crippen LogP contribution in [0.4, 0.5) is 5.69 Å². The second-order valence-corrected chi connectivity index (χ2v) is 3.89. The van der Waals surface area contributed by atoms with Crippen molar-refractivity contribution in [3.63, 3.8) is 0 Å². The summed E-state index contributed by atoms with van der Waals surface area (Å²) in [5, 5.41) is 0. The zero-order valence-electron chi connectivity index (χ0n) is 9.70. The second-order valence-electron chi connectivity index (χ2n) is 3.89. The highest BCUT2D eigenvalue weighted by atomic mass is 16.5. The number of hydrogen-bond acceptors (Lipinski definition) is 2.